The predicted molar refractivity (Wildman–Crippen MR) is 84.5 cm³/mol. The lowest BCUT2D eigenvalue weighted by Gasteiger charge is -2.41. The smallest absolute Gasteiger partial charge is 0.267 e. The minimum absolute atomic E-state index is 0.0956. The molecule has 3 rings (SSSR count). The number of nitrogens with zero attached hydrogens (tertiary/aromatic N) is 1. The summed E-state index contributed by atoms with van der Waals surface area (Å²) in [5, 5.41) is 6.56. The molecule has 1 aliphatic heterocycles. The number of aromatic nitrogens is 1. The molecule has 1 aromatic heterocycles. The monoisotopic (exact) mass is 289 g/mol. The van der Waals surface area contributed by atoms with Crippen molar-refractivity contribution in [3.05, 3.63) is 24.0 Å². The molecule has 0 aromatic carbocycles. The van der Waals surface area contributed by atoms with Gasteiger partial charge in [0.05, 0.1) is 0 Å². The van der Waals surface area contributed by atoms with Gasteiger partial charge in [0, 0.05) is 18.8 Å². The van der Waals surface area contributed by atoms with Crippen LogP contribution in [0.5, 0.6) is 0 Å². The normalized spacial score (nSPS) is 21.8. The fraction of sp³-hybridized carbons (Fsp3) is 0.706. The van der Waals surface area contributed by atoms with Crippen LogP contribution < -0.4 is 10.6 Å². The summed E-state index contributed by atoms with van der Waals surface area (Å²) in [6.07, 6.45) is 9.28. The molecule has 2 N–H and O–H groups in total. The predicted octanol–water partition coefficient (Wildman–Crippen LogP) is 2.72. The Kier molecular flexibility index (Phi) is 4.34. The van der Waals surface area contributed by atoms with Crippen molar-refractivity contribution < 1.29 is 4.79 Å². The standard InChI is InChI=1S/C17H27N3O/c1-2-17(8-4-9-17)13-19-16(21)15-5-3-12-20(15)14-6-10-18-11-7-14/h3,5,12,14,18H,2,4,6-11,13H2,1H3,(H,19,21). The van der Waals surface area contributed by atoms with Crippen LogP contribution in [0.4, 0.5) is 0 Å². The lowest BCUT2D eigenvalue weighted by molar-refractivity contribution is 0.0838. The zero-order valence-electron chi connectivity index (χ0n) is 13.0. The SMILES string of the molecule is CCC1(CNC(=O)c2cccn2C2CCNCC2)CCC1. The Morgan fingerprint density at radius 2 is 2.19 bits per heavy atom. The maximum absolute atomic E-state index is 12.5. The van der Waals surface area contributed by atoms with Crippen LogP contribution in [0.3, 0.4) is 0 Å². The fourth-order valence-corrected chi connectivity index (χ4v) is 3.68. The van der Waals surface area contributed by atoms with Gasteiger partial charge in [-0.1, -0.05) is 13.3 Å². The molecule has 0 spiro atoms. The summed E-state index contributed by atoms with van der Waals surface area (Å²) in [4.78, 5) is 12.5. The van der Waals surface area contributed by atoms with E-state index in [4.69, 9.17) is 0 Å². The number of hydrogen-bond donors (Lipinski definition) is 2. The number of nitrogens with one attached hydrogen (secondary N) is 2. The van der Waals surface area contributed by atoms with Gasteiger partial charge in [0.15, 0.2) is 0 Å². The molecule has 0 atom stereocenters. The van der Waals surface area contributed by atoms with Crippen LogP contribution >= 0.6 is 0 Å². The van der Waals surface area contributed by atoms with E-state index in [2.05, 4.69) is 28.3 Å². The van der Waals surface area contributed by atoms with E-state index in [1.807, 2.05) is 12.1 Å². The molecule has 21 heavy (non-hydrogen) atoms. The van der Waals surface area contributed by atoms with Gasteiger partial charge in [0.1, 0.15) is 5.69 Å². The van der Waals surface area contributed by atoms with Gasteiger partial charge in [-0.3, -0.25) is 4.79 Å². The highest BCUT2D eigenvalue weighted by molar-refractivity contribution is 5.92. The van der Waals surface area contributed by atoms with Crippen LogP contribution in [-0.4, -0.2) is 30.1 Å². The highest BCUT2D eigenvalue weighted by atomic mass is 16.1. The Balaban J connectivity index is 1.63. The van der Waals surface area contributed by atoms with E-state index in [9.17, 15) is 4.79 Å². The zero-order valence-corrected chi connectivity index (χ0v) is 13.0. The summed E-state index contributed by atoms with van der Waals surface area (Å²) < 4.78 is 2.18. The highest BCUT2D eigenvalue weighted by Gasteiger charge is 2.35. The lowest BCUT2D eigenvalue weighted by atomic mass is 9.67. The van der Waals surface area contributed by atoms with E-state index in [1.165, 1.54) is 25.7 Å². The minimum atomic E-state index is 0.0956. The molecule has 2 heterocycles. The van der Waals surface area contributed by atoms with Crippen LogP contribution in [0, 0.1) is 5.41 Å². The summed E-state index contributed by atoms with van der Waals surface area (Å²) in [7, 11) is 0. The zero-order chi connectivity index (χ0) is 14.7. The van der Waals surface area contributed by atoms with E-state index in [0.29, 0.717) is 11.5 Å². The topological polar surface area (TPSA) is 46.1 Å². The summed E-state index contributed by atoms with van der Waals surface area (Å²) in [6, 6.07) is 4.41. The van der Waals surface area contributed by atoms with E-state index in [-0.39, 0.29) is 5.91 Å². The van der Waals surface area contributed by atoms with E-state index in [1.54, 1.807) is 0 Å². The van der Waals surface area contributed by atoms with E-state index >= 15 is 0 Å². The Bertz CT molecular complexity index is 478. The Labute approximate surface area is 127 Å². The van der Waals surface area contributed by atoms with Crippen molar-refractivity contribution in [2.45, 2.75) is 51.5 Å². The van der Waals surface area contributed by atoms with Gasteiger partial charge >= 0.3 is 0 Å². The van der Waals surface area contributed by atoms with Gasteiger partial charge in [-0.15, -0.1) is 0 Å². The Hall–Kier alpha value is -1.29. The first-order valence-corrected chi connectivity index (χ1v) is 8.40. The molecule has 1 aliphatic carbocycles. The molecule has 1 amide bonds. The Morgan fingerprint density at radius 3 is 2.81 bits per heavy atom. The average molecular weight is 289 g/mol. The first kappa shape index (κ1) is 14.6. The molecule has 1 aromatic rings. The second-order valence-electron chi connectivity index (χ2n) is 6.67. The van der Waals surface area contributed by atoms with Crippen molar-refractivity contribution in [2.75, 3.05) is 19.6 Å². The third kappa shape index (κ3) is 3.00. The largest absolute Gasteiger partial charge is 0.350 e. The third-order valence-corrected chi connectivity index (χ3v) is 5.50. The highest BCUT2D eigenvalue weighted by Crippen LogP contribution is 2.43. The van der Waals surface area contributed by atoms with Crippen molar-refractivity contribution in [3.63, 3.8) is 0 Å². The number of rotatable bonds is 5. The van der Waals surface area contributed by atoms with Crippen LogP contribution in [0.2, 0.25) is 0 Å². The van der Waals surface area contributed by atoms with Crippen molar-refractivity contribution >= 4 is 5.91 Å². The first-order chi connectivity index (χ1) is 10.2. The second-order valence-corrected chi connectivity index (χ2v) is 6.67. The molecular weight excluding hydrogens is 262 g/mol. The molecule has 2 fully saturated rings. The number of amides is 1. The molecule has 2 aliphatic rings. The first-order valence-electron chi connectivity index (χ1n) is 8.40. The van der Waals surface area contributed by atoms with Crippen LogP contribution in [0.15, 0.2) is 18.3 Å². The van der Waals surface area contributed by atoms with Crippen molar-refractivity contribution in [3.8, 4) is 0 Å². The maximum atomic E-state index is 12.5. The maximum Gasteiger partial charge on any atom is 0.267 e. The Morgan fingerprint density at radius 1 is 1.43 bits per heavy atom. The molecule has 0 radical (unpaired) electrons. The molecule has 4 heteroatoms. The van der Waals surface area contributed by atoms with Gasteiger partial charge < -0.3 is 15.2 Å². The van der Waals surface area contributed by atoms with Gasteiger partial charge in [-0.05, 0) is 62.7 Å². The van der Waals surface area contributed by atoms with Crippen LogP contribution in [0.1, 0.15) is 62.0 Å². The van der Waals surface area contributed by atoms with E-state index < -0.39 is 0 Å². The van der Waals surface area contributed by atoms with Crippen molar-refractivity contribution in [2.24, 2.45) is 5.41 Å². The third-order valence-electron chi connectivity index (χ3n) is 5.50. The fourth-order valence-electron chi connectivity index (χ4n) is 3.68. The van der Waals surface area contributed by atoms with Crippen molar-refractivity contribution in [1.29, 1.82) is 0 Å². The summed E-state index contributed by atoms with van der Waals surface area (Å²) in [5.74, 6) is 0.0956. The number of piperidine rings is 1. The van der Waals surface area contributed by atoms with Gasteiger partial charge in [-0.25, -0.2) is 0 Å². The molecule has 0 unspecified atom stereocenters. The van der Waals surface area contributed by atoms with Crippen molar-refractivity contribution in [1.82, 2.24) is 15.2 Å². The minimum Gasteiger partial charge on any atom is -0.350 e. The van der Waals surface area contributed by atoms with Gasteiger partial charge in [0.25, 0.3) is 5.91 Å². The summed E-state index contributed by atoms with van der Waals surface area (Å²) in [6.45, 7) is 5.16. The summed E-state index contributed by atoms with van der Waals surface area (Å²) >= 11 is 0. The second kappa shape index (κ2) is 6.22. The molecule has 4 nitrogen and oxygen atoms in total. The number of carbonyl (C=O) groups excluding carboxylic acids is 1. The lowest BCUT2D eigenvalue weighted by Crippen LogP contribution is -2.42. The number of hydrogen-bond acceptors (Lipinski definition) is 2. The van der Waals surface area contributed by atoms with E-state index in [0.717, 1.165) is 38.2 Å². The molecule has 1 saturated carbocycles. The molecular formula is C17H27N3O. The van der Waals surface area contributed by atoms with Gasteiger partial charge in [0.2, 0.25) is 0 Å². The van der Waals surface area contributed by atoms with Crippen LogP contribution in [0.25, 0.3) is 0 Å². The molecule has 116 valence electrons. The number of carbonyl (C=O) groups is 1. The quantitative estimate of drug-likeness (QED) is 0.875. The molecule has 0 bridgehead atoms. The summed E-state index contributed by atoms with van der Waals surface area (Å²) in [5.41, 5.74) is 1.20. The van der Waals surface area contributed by atoms with Gasteiger partial charge in [-0.2, -0.15) is 0 Å². The molecule has 1 saturated heterocycles. The van der Waals surface area contributed by atoms with Crippen LogP contribution in [-0.2, 0) is 0 Å². The average Bonchev–Trinajstić information content (AvgIpc) is 2.97.